The average molecular weight is 395 g/mol. The van der Waals surface area contributed by atoms with Gasteiger partial charge in [-0.3, -0.25) is 10.1 Å². The molecule has 0 saturated heterocycles. The minimum absolute atomic E-state index is 0.0180. The summed E-state index contributed by atoms with van der Waals surface area (Å²) in [6.45, 7) is 0. The van der Waals surface area contributed by atoms with E-state index in [0.717, 1.165) is 28.2 Å². The highest BCUT2D eigenvalue weighted by Crippen LogP contribution is 2.36. The molecule has 0 fully saturated rings. The summed E-state index contributed by atoms with van der Waals surface area (Å²) in [5.74, 6) is -0.969. The van der Waals surface area contributed by atoms with Crippen molar-refractivity contribution in [3.05, 3.63) is 50.5 Å². The fraction of sp³-hybridized carbons (Fsp3) is 0.0625. The third kappa shape index (κ3) is 3.65. The van der Waals surface area contributed by atoms with E-state index < -0.39 is 11.9 Å². The first-order chi connectivity index (χ1) is 12.0. The van der Waals surface area contributed by atoms with Crippen LogP contribution in [0.2, 0.25) is 4.34 Å². The Morgan fingerprint density at radius 1 is 1.24 bits per heavy atom. The number of halogens is 1. The van der Waals surface area contributed by atoms with Crippen molar-refractivity contribution in [1.82, 2.24) is 4.98 Å². The van der Waals surface area contributed by atoms with E-state index in [2.05, 4.69) is 10.3 Å². The molecule has 0 unspecified atom stereocenters. The Morgan fingerprint density at radius 3 is 2.60 bits per heavy atom. The number of methoxy groups -OCH3 is 1. The van der Waals surface area contributed by atoms with Crippen LogP contribution in [0.5, 0.6) is 5.75 Å². The summed E-state index contributed by atoms with van der Waals surface area (Å²) < 4.78 is 5.53. The van der Waals surface area contributed by atoms with E-state index in [-0.39, 0.29) is 10.4 Å². The van der Waals surface area contributed by atoms with E-state index in [1.54, 1.807) is 24.6 Å². The van der Waals surface area contributed by atoms with Crippen LogP contribution in [0.15, 0.2) is 35.7 Å². The highest BCUT2D eigenvalue weighted by Gasteiger charge is 2.20. The van der Waals surface area contributed by atoms with Crippen molar-refractivity contribution < 1.29 is 19.4 Å². The number of aromatic nitrogens is 1. The molecule has 0 aliphatic rings. The molecule has 0 bridgehead atoms. The number of benzene rings is 1. The van der Waals surface area contributed by atoms with Gasteiger partial charge in [0.25, 0.3) is 5.91 Å². The first kappa shape index (κ1) is 17.4. The number of amides is 1. The van der Waals surface area contributed by atoms with Crippen LogP contribution >= 0.6 is 34.3 Å². The minimum atomic E-state index is -1.14. The molecule has 0 spiro atoms. The molecule has 0 atom stereocenters. The lowest BCUT2D eigenvalue weighted by Crippen LogP contribution is -2.14. The van der Waals surface area contributed by atoms with Gasteiger partial charge in [-0.05, 0) is 35.7 Å². The number of ether oxygens (including phenoxy) is 1. The Kier molecular flexibility index (Phi) is 5.03. The molecule has 6 nitrogen and oxygen atoms in total. The number of rotatable bonds is 5. The second-order valence-electron chi connectivity index (χ2n) is 4.79. The second-order valence-corrected chi connectivity index (χ2v) is 7.31. The maximum atomic E-state index is 12.3. The van der Waals surface area contributed by atoms with E-state index in [0.29, 0.717) is 20.9 Å². The highest BCUT2D eigenvalue weighted by molar-refractivity contribution is 7.20. The van der Waals surface area contributed by atoms with Gasteiger partial charge in [0.15, 0.2) is 5.13 Å². The van der Waals surface area contributed by atoms with Crippen LogP contribution < -0.4 is 10.1 Å². The number of thiophene rings is 1. The molecule has 1 amide bonds. The maximum Gasteiger partial charge on any atom is 0.346 e. The summed E-state index contributed by atoms with van der Waals surface area (Å²) in [4.78, 5) is 27.7. The zero-order chi connectivity index (χ0) is 18.0. The van der Waals surface area contributed by atoms with Crippen LogP contribution in [0.25, 0.3) is 11.3 Å². The van der Waals surface area contributed by atoms with Crippen molar-refractivity contribution >= 4 is 51.3 Å². The number of anilines is 1. The molecule has 2 N–H and O–H groups in total. The molecule has 0 aliphatic heterocycles. The van der Waals surface area contributed by atoms with Crippen molar-refractivity contribution in [3.63, 3.8) is 0 Å². The number of hydrogen-bond acceptors (Lipinski definition) is 6. The topological polar surface area (TPSA) is 88.5 Å². The average Bonchev–Trinajstić information content (AvgIpc) is 3.22. The third-order valence-corrected chi connectivity index (χ3v) is 5.35. The summed E-state index contributed by atoms with van der Waals surface area (Å²) in [5, 5.41) is 13.5. The van der Waals surface area contributed by atoms with E-state index in [4.69, 9.17) is 21.4 Å². The van der Waals surface area contributed by atoms with Crippen LogP contribution in [0, 0.1) is 0 Å². The smallest absolute Gasteiger partial charge is 0.346 e. The third-order valence-electron chi connectivity index (χ3n) is 3.27. The molecule has 9 heteroatoms. The number of carboxylic acid groups (broad SMARTS) is 1. The van der Waals surface area contributed by atoms with Gasteiger partial charge in [-0.15, -0.1) is 11.3 Å². The lowest BCUT2D eigenvalue weighted by Gasteiger charge is -2.02. The Hall–Kier alpha value is -2.42. The van der Waals surface area contributed by atoms with Crippen LogP contribution in [0.4, 0.5) is 5.13 Å². The zero-order valence-corrected chi connectivity index (χ0v) is 15.2. The first-order valence-corrected chi connectivity index (χ1v) is 9.00. The van der Waals surface area contributed by atoms with Crippen LogP contribution in [-0.2, 0) is 0 Å². The largest absolute Gasteiger partial charge is 0.497 e. The Morgan fingerprint density at radius 2 is 1.96 bits per heavy atom. The Bertz CT molecular complexity index is 934. The monoisotopic (exact) mass is 394 g/mol. The molecular weight excluding hydrogens is 384 g/mol. The van der Waals surface area contributed by atoms with E-state index >= 15 is 0 Å². The summed E-state index contributed by atoms with van der Waals surface area (Å²) >= 11 is 8.32. The number of nitrogens with zero attached hydrogens (tertiary/aromatic N) is 1. The summed E-state index contributed by atoms with van der Waals surface area (Å²) in [6, 6.07) is 8.66. The molecule has 3 aromatic rings. The normalized spacial score (nSPS) is 10.5. The van der Waals surface area contributed by atoms with Gasteiger partial charge in [0.05, 0.1) is 12.7 Å². The van der Waals surface area contributed by atoms with Gasteiger partial charge in [-0.25, -0.2) is 9.78 Å². The van der Waals surface area contributed by atoms with Gasteiger partial charge in [0, 0.05) is 5.56 Å². The molecule has 1 aromatic carbocycles. The predicted molar refractivity (Wildman–Crippen MR) is 98.3 cm³/mol. The molecule has 128 valence electrons. The fourth-order valence-corrected chi connectivity index (χ4v) is 3.91. The van der Waals surface area contributed by atoms with Crippen molar-refractivity contribution in [2.75, 3.05) is 12.4 Å². The molecule has 2 aromatic heterocycles. The van der Waals surface area contributed by atoms with Crippen molar-refractivity contribution in [3.8, 4) is 17.0 Å². The standard InChI is InChI=1S/C16H11ClN2O4S2/c1-23-9-4-2-8(3-5-9)11-13(17)25-16(18-11)19-14(20)10-6-7-24-12(10)15(21)22/h2-7H,1H3,(H,21,22)(H,18,19,20). The maximum absolute atomic E-state index is 12.3. The minimum Gasteiger partial charge on any atom is -0.497 e. The van der Waals surface area contributed by atoms with Crippen LogP contribution in [0.3, 0.4) is 0 Å². The zero-order valence-electron chi connectivity index (χ0n) is 12.8. The van der Waals surface area contributed by atoms with Gasteiger partial charge in [0.1, 0.15) is 20.7 Å². The van der Waals surface area contributed by atoms with Gasteiger partial charge < -0.3 is 9.84 Å². The van der Waals surface area contributed by atoms with Crippen LogP contribution in [0.1, 0.15) is 20.0 Å². The Labute approximate surface area is 155 Å². The SMILES string of the molecule is COc1ccc(-c2nc(NC(=O)c3ccsc3C(=O)O)sc2Cl)cc1. The fourth-order valence-electron chi connectivity index (χ4n) is 2.10. The van der Waals surface area contributed by atoms with Gasteiger partial charge in [-0.2, -0.15) is 0 Å². The number of nitrogens with one attached hydrogen (secondary N) is 1. The van der Waals surface area contributed by atoms with Gasteiger partial charge in [-0.1, -0.05) is 22.9 Å². The number of aromatic carboxylic acids is 1. The molecule has 0 aliphatic carbocycles. The summed E-state index contributed by atoms with van der Waals surface area (Å²) in [5.41, 5.74) is 1.41. The highest BCUT2D eigenvalue weighted by atomic mass is 35.5. The van der Waals surface area contributed by atoms with Crippen molar-refractivity contribution in [1.29, 1.82) is 0 Å². The Balaban J connectivity index is 1.83. The number of carbonyl (C=O) groups excluding carboxylic acids is 1. The van der Waals surface area contributed by atoms with Gasteiger partial charge in [0.2, 0.25) is 0 Å². The van der Waals surface area contributed by atoms with E-state index in [1.807, 2.05) is 12.1 Å². The first-order valence-electron chi connectivity index (χ1n) is 6.92. The molecule has 3 rings (SSSR count). The van der Waals surface area contributed by atoms with E-state index in [9.17, 15) is 9.59 Å². The van der Waals surface area contributed by atoms with Gasteiger partial charge >= 0.3 is 5.97 Å². The van der Waals surface area contributed by atoms with E-state index in [1.165, 1.54) is 6.07 Å². The second kappa shape index (κ2) is 7.22. The molecule has 25 heavy (non-hydrogen) atoms. The molecule has 0 saturated carbocycles. The quantitative estimate of drug-likeness (QED) is 0.665. The number of carboxylic acids is 1. The number of carbonyl (C=O) groups is 2. The lowest BCUT2D eigenvalue weighted by atomic mass is 10.2. The molecule has 2 heterocycles. The van der Waals surface area contributed by atoms with Crippen LogP contribution in [-0.4, -0.2) is 29.1 Å². The molecule has 0 radical (unpaired) electrons. The number of thiazole rings is 1. The lowest BCUT2D eigenvalue weighted by molar-refractivity contribution is 0.0698. The van der Waals surface area contributed by atoms with Crippen molar-refractivity contribution in [2.24, 2.45) is 0 Å². The predicted octanol–water partition coefficient (Wildman–Crippen LogP) is 4.48. The number of hydrogen-bond donors (Lipinski definition) is 2. The summed E-state index contributed by atoms with van der Waals surface area (Å²) in [7, 11) is 1.58. The molecular formula is C16H11ClN2O4S2. The van der Waals surface area contributed by atoms with Crippen molar-refractivity contribution in [2.45, 2.75) is 0 Å². The summed E-state index contributed by atoms with van der Waals surface area (Å²) in [6.07, 6.45) is 0.